The predicted octanol–water partition coefficient (Wildman–Crippen LogP) is 2.94. The molecule has 1 N–H and O–H groups in total. The molecule has 106 valence electrons. The third kappa shape index (κ3) is 8.38. The zero-order chi connectivity index (χ0) is 13.9. The van der Waals surface area contributed by atoms with Crippen LogP contribution in [0.3, 0.4) is 0 Å². The molecule has 0 saturated carbocycles. The highest BCUT2D eigenvalue weighted by molar-refractivity contribution is 5.69. The van der Waals surface area contributed by atoms with Crippen molar-refractivity contribution in [1.29, 1.82) is 0 Å². The van der Waals surface area contributed by atoms with Gasteiger partial charge in [0.05, 0.1) is 6.61 Å². The van der Waals surface area contributed by atoms with Crippen LogP contribution >= 0.6 is 0 Å². The highest BCUT2D eigenvalue weighted by Crippen LogP contribution is 2.03. The van der Waals surface area contributed by atoms with Gasteiger partial charge in [0, 0.05) is 12.5 Å². The van der Waals surface area contributed by atoms with Crippen LogP contribution in [0.15, 0.2) is 30.3 Å². The number of rotatable bonds is 9. The molecule has 1 aromatic rings. The second kappa shape index (κ2) is 9.56. The maximum absolute atomic E-state index is 11.4. The Bertz CT molecular complexity index is 349. The summed E-state index contributed by atoms with van der Waals surface area (Å²) in [6, 6.07) is 10.7. The molecule has 1 rings (SSSR count). The molecule has 0 aliphatic heterocycles. The average molecular weight is 263 g/mol. The number of esters is 1. The Balaban J connectivity index is 1.98. The van der Waals surface area contributed by atoms with Crippen LogP contribution in [0.2, 0.25) is 0 Å². The Morgan fingerprint density at radius 1 is 1.21 bits per heavy atom. The summed E-state index contributed by atoms with van der Waals surface area (Å²) in [7, 11) is 0. The van der Waals surface area contributed by atoms with E-state index in [9.17, 15) is 4.79 Å². The van der Waals surface area contributed by atoms with Gasteiger partial charge in [-0.15, -0.1) is 0 Å². The second-order valence-electron chi connectivity index (χ2n) is 5.02. The summed E-state index contributed by atoms with van der Waals surface area (Å²) in [6.07, 6.45) is 3.20. The van der Waals surface area contributed by atoms with Gasteiger partial charge in [0.15, 0.2) is 0 Å². The summed E-state index contributed by atoms with van der Waals surface area (Å²) in [5, 5.41) is 3.28. The number of hydrogen-bond donors (Lipinski definition) is 1. The zero-order valence-corrected chi connectivity index (χ0v) is 12.0. The van der Waals surface area contributed by atoms with E-state index in [0.717, 1.165) is 25.8 Å². The van der Waals surface area contributed by atoms with Crippen molar-refractivity contribution in [2.75, 3.05) is 13.2 Å². The Morgan fingerprint density at radius 2 is 1.95 bits per heavy atom. The van der Waals surface area contributed by atoms with Crippen LogP contribution in [0.4, 0.5) is 0 Å². The zero-order valence-electron chi connectivity index (χ0n) is 12.0. The summed E-state index contributed by atoms with van der Waals surface area (Å²) in [6.45, 7) is 5.59. The normalized spacial score (nSPS) is 10.7. The second-order valence-corrected chi connectivity index (χ2v) is 5.02. The Morgan fingerprint density at radius 3 is 2.63 bits per heavy atom. The van der Waals surface area contributed by atoms with Crippen LogP contribution in [-0.2, 0) is 16.0 Å². The number of carbonyl (C=O) groups excluding carboxylic acids is 1. The Hall–Kier alpha value is -1.35. The van der Waals surface area contributed by atoms with Crippen molar-refractivity contribution in [3.8, 4) is 0 Å². The fourth-order valence-corrected chi connectivity index (χ4v) is 1.80. The van der Waals surface area contributed by atoms with Gasteiger partial charge in [-0.25, -0.2) is 0 Å². The van der Waals surface area contributed by atoms with Crippen LogP contribution in [-0.4, -0.2) is 25.2 Å². The van der Waals surface area contributed by atoms with E-state index in [1.54, 1.807) is 0 Å². The standard InChI is InChI=1S/C16H25NO2/c1-14(2)17-12-6-11-16(18)19-13-7-10-15-8-4-3-5-9-15/h3-5,8-9,14,17H,6-7,10-13H2,1-2H3. The van der Waals surface area contributed by atoms with Crippen LogP contribution in [0.5, 0.6) is 0 Å². The van der Waals surface area contributed by atoms with E-state index in [1.165, 1.54) is 5.56 Å². The van der Waals surface area contributed by atoms with Crippen molar-refractivity contribution in [3.05, 3.63) is 35.9 Å². The number of aryl methyl sites for hydroxylation is 1. The molecule has 0 bridgehead atoms. The lowest BCUT2D eigenvalue weighted by atomic mass is 10.1. The van der Waals surface area contributed by atoms with Gasteiger partial charge in [0.25, 0.3) is 0 Å². The van der Waals surface area contributed by atoms with Gasteiger partial charge in [-0.2, -0.15) is 0 Å². The monoisotopic (exact) mass is 263 g/mol. The van der Waals surface area contributed by atoms with Crippen LogP contribution in [0.1, 0.15) is 38.7 Å². The van der Waals surface area contributed by atoms with Crippen molar-refractivity contribution in [2.45, 2.75) is 45.6 Å². The van der Waals surface area contributed by atoms with E-state index < -0.39 is 0 Å². The van der Waals surface area contributed by atoms with Gasteiger partial charge in [-0.3, -0.25) is 4.79 Å². The molecule has 0 atom stereocenters. The molecule has 0 saturated heterocycles. The van der Waals surface area contributed by atoms with Crippen LogP contribution in [0, 0.1) is 0 Å². The molecular weight excluding hydrogens is 238 g/mol. The van der Waals surface area contributed by atoms with Crippen LogP contribution in [0.25, 0.3) is 0 Å². The highest BCUT2D eigenvalue weighted by atomic mass is 16.5. The minimum atomic E-state index is -0.0846. The van der Waals surface area contributed by atoms with Crippen molar-refractivity contribution in [1.82, 2.24) is 5.32 Å². The first-order valence-electron chi connectivity index (χ1n) is 7.11. The maximum Gasteiger partial charge on any atom is 0.305 e. The number of nitrogens with one attached hydrogen (secondary N) is 1. The number of ether oxygens (including phenoxy) is 1. The third-order valence-corrected chi connectivity index (χ3v) is 2.83. The van der Waals surface area contributed by atoms with E-state index in [2.05, 4.69) is 31.3 Å². The van der Waals surface area contributed by atoms with Crippen molar-refractivity contribution < 1.29 is 9.53 Å². The molecule has 0 spiro atoms. The average Bonchev–Trinajstić information content (AvgIpc) is 2.41. The van der Waals surface area contributed by atoms with Crippen molar-refractivity contribution >= 4 is 5.97 Å². The number of carbonyl (C=O) groups is 1. The molecule has 0 unspecified atom stereocenters. The van der Waals surface area contributed by atoms with E-state index >= 15 is 0 Å². The van der Waals surface area contributed by atoms with Gasteiger partial charge in [0.1, 0.15) is 0 Å². The minimum Gasteiger partial charge on any atom is -0.466 e. The summed E-state index contributed by atoms with van der Waals surface area (Å²) in [5.74, 6) is -0.0846. The third-order valence-electron chi connectivity index (χ3n) is 2.83. The molecule has 3 heteroatoms. The van der Waals surface area contributed by atoms with Gasteiger partial charge in [-0.1, -0.05) is 44.2 Å². The lowest BCUT2D eigenvalue weighted by Crippen LogP contribution is -2.24. The molecule has 0 fully saturated rings. The maximum atomic E-state index is 11.4. The summed E-state index contributed by atoms with van der Waals surface area (Å²) < 4.78 is 5.20. The summed E-state index contributed by atoms with van der Waals surface area (Å²) in [5.41, 5.74) is 1.29. The summed E-state index contributed by atoms with van der Waals surface area (Å²) >= 11 is 0. The van der Waals surface area contributed by atoms with E-state index in [-0.39, 0.29) is 5.97 Å². The van der Waals surface area contributed by atoms with E-state index in [0.29, 0.717) is 19.1 Å². The smallest absolute Gasteiger partial charge is 0.305 e. The van der Waals surface area contributed by atoms with Gasteiger partial charge in [-0.05, 0) is 31.4 Å². The molecular formula is C16H25NO2. The molecule has 0 aliphatic rings. The van der Waals surface area contributed by atoms with Crippen molar-refractivity contribution in [2.24, 2.45) is 0 Å². The number of hydrogen-bond acceptors (Lipinski definition) is 3. The minimum absolute atomic E-state index is 0.0846. The molecule has 19 heavy (non-hydrogen) atoms. The first-order chi connectivity index (χ1) is 9.18. The first kappa shape index (κ1) is 15.7. The Labute approximate surface area is 116 Å². The van der Waals surface area contributed by atoms with Gasteiger partial charge < -0.3 is 10.1 Å². The van der Waals surface area contributed by atoms with Crippen LogP contribution < -0.4 is 5.32 Å². The molecule has 0 radical (unpaired) electrons. The quantitative estimate of drug-likeness (QED) is 0.550. The van der Waals surface area contributed by atoms with Crippen molar-refractivity contribution in [3.63, 3.8) is 0 Å². The summed E-state index contributed by atoms with van der Waals surface area (Å²) in [4.78, 5) is 11.4. The SMILES string of the molecule is CC(C)NCCCC(=O)OCCCc1ccccc1. The number of benzene rings is 1. The van der Waals surface area contributed by atoms with E-state index in [1.807, 2.05) is 18.2 Å². The lowest BCUT2D eigenvalue weighted by molar-refractivity contribution is -0.143. The topological polar surface area (TPSA) is 38.3 Å². The lowest BCUT2D eigenvalue weighted by Gasteiger charge is -2.08. The largest absolute Gasteiger partial charge is 0.466 e. The van der Waals surface area contributed by atoms with E-state index in [4.69, 9.17) is 4.74 Å². The fourth-order valence-electron chi connectivity index (χ4n) is 1.80. The van der Waals surface area contributed by atoms with Gasteiger partial charge >= 0.3 is 5.97 Å². The first-order valence-corrected chi connectivity index (χ1v) is 7.11. The molecule has 1 aromatic carbocycles. The molecule has 3 nitrogen and oxygen atoms in total. The molecule has 0 heterocycles. The molecule has 0 aliphatic carbocycles. The highest BCUT2D eigenvalue weighted by Gasteiger charge is 2.02. The molecule has 0 amide bonds. The fraction of sp³-hybridized carbons (Fsp3) is 0.562. The van der Waals surface area contributed by atoms with Gasteiger partial charge in [0.2, 0.25) is 0 Å². The predicted molar refractivity (Wildman–Crippen MR) is 78.1 cm³/mol. The molecule has 0 aromatic heterocycles. The Kier molecular flexibility index (Phi) is 7.91.